The standard InChI is InChI=1S/CH5N.2HI.Pb.Sn.2H/c1-2;;;;;;/h2H2,1H3;2*1H;;;;/q;;;+2;;;/p-2. The quantitative estimate of drug-likeness (QED) is 0.304. The van der Waals surface area contributed by atoms with Gasteiger partial charge in [-0.2, -0.15) is 0 Å². The number of hydrogen-bond acceptors (Lipinski definition) is 1. The van der Waals surface area contributed by atoms with Gasteiger partial charge in [0.1, 0.15) is 0 Å². The van der Waals surface area contributed by atoms with Gasteiger partial charge in [0.15, 0.2) is 0 Å². The molecule has 6 heavy (non-hydrogen) atoms. The minimum absolute atomic E-state index is 0. The van der Waals surface area contributed by atoms with Gasteiger partial charge in [0.2, 0.25) is 0 Å². The topological polar surface area (TPSA) is 26.0 Å². The zero-order chi connectivity index (χ0) is 4.71. The molecule has 0 aliphatic heterocycles. The summed E-state index contributed by atoms with van der Waals surface area (Å²) in [5.41, 5.74) is 4.50. The Balaban J connectivity index is -0.0000000275. The predicted octanol–water partition coefficient (Wildman–Crippen LogP) is 0.0493. The number of halogens is 2. The van der Waals surface area contributed by atoms with Crippen molar-refractivity contribution < 1.29 is 0 Å². The van der Waals surface area contributed by atoms with Crippen molar-refractivity contribution in [2.75, 3.05) is 7.05 Å². The molecule has 0 spiro atoms. The summed E-state index contributed by atoms with van der Waals surface area (Å²) >= 11 is 4.96. The van der Waals surface area contributed by atoms with Crippen LogP contribution in [0.2, 0.25) is 0 Å². The van der Waals surface area contributed by atoms with E-state index in [2.05, 4.69) is 41.3 Å². The van der Waals surface area contributed by atoms with Gasteiger partial charge in [-0.05, 0) is 7.05 Å². The second kappa shape index (κ2) is 24.2. The summed E-state index contributed by atoms with van der Waals surface area (Å²) < 4.78 is 0. The first-order chi connectivity index (χ1) is 2.41. The van der Waals surface area contributed by atoms with E-state index in [4.69, 9.17) is 0 Å². The van der Waals surface area contributed by atoms with Gasteiger partial charge < -0.3 is 5.73 Å². The van der Waals surface area contributed by atoms with Gasteiger partial charge in [0.25, 0.3) is 0 Å². The van der Waals surface area contributed by atoms with Gasteiger partial charge in [0, 0.05) is 0 Å². The van der Waals surface area contributed by atoms with E-state index in [0.29, 0.717) is 0 Å². The molecule has 0 aliphatic carbocycles. The van der Waals surface area contributed by atoms with Crippen LogP contribution in [0, 0.1) is 0 Å². The molecule has 0 heterocycles. The van der Waals surface area contributed by atoms with Crippen LogP contribution in [0.5, 0.6) is 0 Å². The van der Waals surface area contributed by atoms with Crippen LogP contribution in [-0.2, 0) is 0 Å². The van der Waals surface area contributed by atoms with Crippen molar-refractivity contribution in [3.63, 3.8) is 0 Å². The van der Waals surface area contributed by atoms with Crippen molar-refractivity contribution in [3.8, 4) is 0 Å². The van der Waals surface area contributed by atoms with Crippen LogP contribution in [0.4, 0.5) is 0 Å². The average molecular weight is 613 g/mol. The van der Waals surface area contributed by atoms with E-state index in [9.17, 15) is 0 Å². The second-order valence-electron chi connectivity index (χ2n) is 0.0714. The first kappa shape index (κ1) is 16.1. The third-order valence-corrected chi connectivity index (χ3v) is 0. The van der Waals surface area contributed by atoms with Gasteiger partial charge in [-0.15, -0.1) is 0 Å². The van der Waals surface area contributed by atoms with E-state index in [1.54, 1.807) is 0 Å². The summed E-state index contributed by atoms with van der Waals surface area (Å²) in [6.45, 7) is 0. The van der Waals surface area contributed by atoms with Gasteiger partial charge in [0.05, 0.1) is 0 Å². The molecule has 0 aromatic carbocycles. The molecule has 0 unspecified atom stereocenters. The molecule has 0 aliphatic rings. The van der Waals surface area contributed by atoms with Crippen molar-refractivity contribution in [2.24, 2.45) is 5.73 Å². The first-order valence-electron chi connectivity index (χ1n) is 0.955. The van der Waals surface area contributed by atoms with Crippen LogP contribution < -0.4 is 5.73 Å². The van der Waals surface area contributed by atoms with E-state index in [-0.39, 0.29) is 39.6 Å². The third kappa shape index (κ3) is 27.3. The van der Waals surface area contributed by atoms with E-state index in [1.807, 2.05) is 0 Å². The number of nitrogens with two attached hydrogens (primary N) is 1. The summed E-state index contributed by atoms with van der Waals surface area (Å²) in [5, 5.41) is 0. The summed E-state index contributed by atoms with van der Waals surface area (Å²) in [7, 11) is 1.50. The summed E-state index contributed by atoms with van der Waals surface area (Å²) in [6, 6.07) is 0. The molecule has 0 aromatic rings. The summed E-state index contributed by atoms with van der Waals surface area (Å²) in [5.74, 6) is 0. The monoisotopic (exact) mass is 615 g/mol. The fourth-order valence-corrected chi connectivity index (χ4v) is 0. The molecule has 0 atom stereocenters. The zero-order valence-corrected chi connectivity index (χ0v) is 15.8. The molecule has 38 valence electrons. The van der Waals surface area contributed by atoms with Gasteiger partial charge in [-0.25, -0.2) is 0 Å². The molecule has 0 bridgehead atoms. The normalized spacial score (nSPS) is 4.00. The Labute approximate surface area is 85.6 Å². The van der Waals surface area contributed by atoms with E-state index in [0.717, 1.165) is 0 Å². The van der Waals surface area contributed by atoms with Gasteiger partial charge >= 0.3 is 75.1 Å². The molecule has 0 fully saturated rings. The third-order valence-electron chi connectivity index (χ3n) is 0. The molecular formula is CH7I2NPbSn. The molecule has 0 saturated heterocycles. The molecule has 0 aromatic heterocycles. The fourth-order valence-electron chi connectivity index (χ4n) is 0. The van der Waals surface area contributed by atoms with Crippen LogP contribution in [0.3, 0.4) is 0 Å². The first-order valence-corrected chi connectivity index (χ1v) is 22.8. The summed E-state index contributed by atoms with van der Waals surface area (Å²) in [4.78, 5) is 0. The van der Waals surface area contributed by atoms with E-state index >= 15 is 0 Å². The molecule has 0 rings (SSSR count). The Hall–Kier alpha value is 3.14. The molecule has 0 saturated carbocycles. The molecule has 0 amide bonds. The Morgan fingerprint density at radius 1 is 1.33 bits per heavy atom. The molecule has 5 heteroatoms. The average Bonchev–Trinajstić information content (AvgIpc) is 1.46. The second-order valence-corrected chi connectivity index (χ2v) is 28.2. The molecule has 2 N–H and O–H groups in total. The van der Waals surface area contributed by atoms with Crippen molar-refractivity contribution in [1.29, 1.82) is 0 Å². The van der Waals surface area contributed by atoms with Crippen LogP contribution in [0.1, 0.15) is 0 Å². The Kier molecular flexibility index (Phi) is 64.8. The van der Waals surface area contributed by atoms with Gasteiger partial charge in [-0.1, -0.05) is 0 Å². The Morgan fingerprint density at radius 3 is 1.33 bits per heavy atom. The SMILES string of the molecule is CN.[I][Pb][I].[SnH2]. The van der Waals surface area contributed by atoms with E-state index < -0.39 is 0 Å². The molecular weight excluding hydrogens is 606 g/mol. The van der Waals surface area contributed by atoms with E-state index in [1.165, 1.54) is 7.05 Å². The molecule has 1 nitrogen and oxygen atoms in total. The van der Waals surface area contributed by atoms with Crippen molar-refractivity contribution in [1.82, 2.24) is 0 Å². The zero-order valence-electron chi connectivity index (χ0n) is 3.54. The predicted molar refractivity (Wildman–Crippen MR) is 52.4 cm³/mol. The fraction of sp³-hybridized carbons (Fsp3) is 1.00. The van der Waals surface area contributed by atoms with Crippen LogP contribution in [-0.4, -0.2) is 46.6 Å². The molecule has 4 radical (unpaired) electrons. The van der Waals surface area contributed by atoms with Crippen molar-refractivity contribution in [3.05, 3.63) is 0 Å². The van der Waals surface area contributed by atoms with Crippen LogP contribution in [0.15, 0.2) is 0 Å². The minimum atomic E-state index is 0. The van der Waals surface area contributed by atoms with Crippen LogP contribution >= 0.6 is 35.5 Å². The Morgan fingerprint density at radius 2 is 1.33 bits per heavy atom. The van der Waals surface area contributed by atoms with Crippen LogP contribution in [0.25, 0.3) is 0 Å². The maximum absolute atomic E-state index is 4.50. The number of rotatable bonds is 0. The van der Waals surface area contributed by atoms with Crippen molar-refractivity contribution >= 4 is 75.1 Å². The number of hydrogen-bond donors (Lipinski definition) is 1. The maximum atomic E-state index is 4.50. The van der Waals surface area contributed by atoms with Crippen molar-refractivity contribution in [2.45, 2.75) is 0 Å². The van der Waals surface area contributed by atoms with Gasteiger partial charge in [-0.3, -0.25) is 0 Å². The summed E-state index contributed by atoms with van der Waals surface area (Å²) in [6.07, 6.45) is 0. The Bertz CT molecular complexity index is 13.5.